The molecule has 0 N–H and O–H groups in total. The normalized spacial score (nSPS) is 11.3. The van der Waals surface area contributed by atoms with Crippen molar-refractivity contribution in [2.45, 2.75) is 6.54 Å². The van der Waals surface area contributed by atoms with Gasteiger partial charge in [0.05, 0.1) is 0 Å². The highest BCUT2D eigenvalue weighted by molar-refractivity contribution is 6.25. The fraction of sp³-hybridized carbons (Fsp3) is 0.0909. The van der Waals surface area contributed by atoms with E-state index >= 15 is 0 Å². The van der Waals surface area contributed by atoms with Gasteiger partial charge in [0.1, 0.15) is 5.65 Å². The summed E-state index contributed by atoms with van der Waals surface area (Å²) >= 11 is 5.46. The molecule has 2 aromatic heterocycles. The summed E-state index contributed by atoms with van der Waals surface area (Å²) in [5.41, 5.74) is 2.91. The molecule has 0 bridgehead atoms. The number of pyridine rings is 1. The third-order valence-corrected chi connectivity index (χ3v) is 2.36. The van der Waals surface area contributed by atoms with Gasteiger partial charge in [0.2, 0.25) is 0 Å². The van der Waals surface area contributed by atoms with Gasteiger partial charge in [-0.3, -0.25) is 4.79 Å². The smallest absolute Gasteiger partial charge is 0.152 e. The molecule has 0 radical (unpaired) electrons. The monoisotopic (exact) mass is 220 g/mol. The minimum atomic E-state index is 0.616. The largest absolute Gasteiger partial charge is 0.328 e. The molecule has 15 heavy (non-hydrogen) atoms. The maximum absolute atomic E-state index is 10.8. The Morgan fingerprint density at radius 2 is 2.40 bits per heavy atom. The van der Waals surface area contributed by atoms with Gasteiger partial charge >= 0.3 is 0 Å². The quantitative estimate of drug-likeness (QED) is 0.746. The van der Waals surface area contributed by atoms with Crippen LogP contribution < -0.4 is 0 Å². The third-order valence-electron chi connectivity index (χ3n) is 2.18. The van der Waals surface area contributed by atoms with Crippen LogP contribution in [0.5, 0.6) is 0 Å². The first-order valence-corrected chi connectivity index (χ1v) is 4.94. The summed E-state index contributed by atoms with van der Waals surface area (Å²) in [4.78, 5) is 15.1. The molecule has 0 saturated heterocycles. The molecule has 2 rings (SSSR count). The lowest BCUT2D eigenvalue weighted by Gasteiger charge is -1.98. The van der Waals surface area contributed by atoms with E-state index in [1.54, 1.807) is 18.5 Å². The molecule has 2 aromatic rings. The number of halogens is 1. The maximum atomic E-state index is 10.8. The van der Waals surface area contributed by atoms with Crippen molar-refractivity contribution in [3.05, 3.63) is 41.7 Å². The highest BCUT2D eigenvalue weighted by Crippen LogP contribution is 2.17. The highest BCUT2D eigenvalue weighted by atomic mass is 35.5. The lowest BCUT2D eigenvalue weighted by atomic mass is 10.2. The summed E-state index contributed by atoms with van der Waals surface area (Å²) in [6.07, 6.45) is 6.12. The average Bonchev–Trinajstić information content (AvgIpc) is 2.65. The van der Waals surface area contributed by atoms with Gasteiger partial charge in [-0.25, -0.2) is 4.98 Å². The van der Waals surface area contributed by atoms with Crippen LogP contribution in [0.15, 0.2) is 36.1 Å². The van der Waals surface area contributed by atoms with E-state index in [2.05, 4.69) is 4.98 Å². The van der Waals surface area contributed by atoms with Gasteiger partial charge in [-0.1, -0.05) is 17.7 Å². The van der Waals surface area contributed by atoms with Gasteiger partial charge in [0.15, 0.2) is 6.29 Å². The predicted molar refractivity (Wildman–Crippen MR) is 60.1 cm³/mol. The lowest BCUT2D eigenvalue weighted by Crippen LogP contribution is -1.93. The van der Waals surface area contributed by atoms with Crippen LogP contribution in [0, 0.1) is 0 Å². The molecular formula is C11H9ClN2O. The van der Waals surface area contributed by atoms with Crippen molar-refractivity contribution in [2.24, 2.45) is 0 Å². The maximum Gasteiger partial charge on any atom is 0.152 e. The van der Waals surface area contributed by atoms with E-state index in [1.165, 1.54) is 5.54 Å². The Morgan fingerprint density at radius 3 is 3.13 bits per heavy atom. The Balaban J connectivity index is 2.59. The summed E-state index contributed by atoms with van der Waals surface area (Å²) in [5.74, 6) is 0. The van der Waals surface area contributed by atoms with Crippen LogP contribution in [0.25, 0.3) is 11.0 Å². The first-order chi connectivity index (χ1) is 7.36. The Kier molecular flexibility index (Phi) is 2.83. The van der Waals surface area contributed by atoms with Crippen molar-refractivity contribution in [1.82, 2.24) is 9.55 Å². The van der Waals surface area contributed by atoms with Gasteiger partial charge in [-0.15, -0.1) is 0 Å². The van der Waals surface area contributed by atoms with Crippen molar-refractivity contribution >= 4 is 28.9 Å². The Bertz CT molecular complexity index is 516. The van der Waals surface area contributed by atoms with E-state index in [1.807, 2.05) is 16.7 Å². The summed E-state index contributed by atoms with van der Waals surface area (Å²) in [6.45, 7) is 0.616. The molecule has 0 amide bonds. The third kappa shape index (κ3) is 1.78. The molecule has 0 saturated carbocycles. The summed E-state index contributed by atoms with van der Waals surface area (Å²) in [6, 6.07) is 3.70. The molecule has 0 aromatic carbocycles. The van der Waals surface area contributed by atoms with Crippen LogP contribution in [0.3, 0.4) is 0 Å². The number of carbonyl (C=O) groups is 1. The first kappa shape index (κ1) is 9.93. The van der Waals surface area contributed by atoms with E-state index in [0.29, 0.717) is 12.1 Å². The van der Waals surface area contributed by atoms with Crippen molar-refractivity contribution < 1.29 is 4.79 Å². The van der Waals surface area contributed by atoms with E-state index < -0.39 is 0 Å². The van der Waals surface area contributed by atoms with Gasteiger partial charge in [0.25, 0.3) is 0 Å². The van der Waals surface area contributed by atoms with Crippen molar-refractivity contribution in [1.29, 1.82) is 0 Å². The number of hydrogen-bond acceptors (Lipinski definition) is 2. The van der Waals surface area contributed by atoms with Crippen LogP contribution in [-0.4, -0.2) is 15.8 Å². The lowest BCUT2D eigenvalue weighted by molar-refractivity contribution is 0.112. The standard InChI is InChI=1S/C11H9ClN2O/c12-4-2-6-14-7-9(8-15)10-3-1-5-13-11(10)14/h1-5,7-8H,6H2. The van der Waals surface area contributed by atoms with E-state index in [-0.39, 0.29) is 0 Å². The summed E-state index contributed by atoms with van der Waals surface area (Å²) in [7, 11) is 0. The molecule has 0 unspecified atom stereocenters. The molecule has 2 heterocycles. The summed E-state index contributed by atoms with van der Waals surface area (Å²) in [5, 5.41) is 0.871. The molecule has 0 aliphatic heterocycles. The molecule has 3 nitrogen and oxygen atoms in total. The van der Waals surface area contributed by atoms with E-state index in [0.717, 1.165) is 17.3 Å². The van der Waals surface area contributed by atoms with Crippen LogP contribution in [0.4, 0.5) is 0 Å². The second-order valence-electron chi connectivity index (χ2n) is 3.09. The first-order valence-electron chi connectivity index (χ1n) is 4.51. The Labute approximate surface area is 92.0 Å². The molecule has 4 heteroatoms. The predicted octanol–water partition coefficient (Wildman–Crippen LogP) is 2.60. The molecule has 0 aliphatic rings. The highest BCUT2D eigenvalue weighted by Gasteiger charge is 2.06. The number of hydrogen-bond donors (Lipinski definition) is 0. The van der Waals surface area contributed by atoms with Gasteiger partial charge in [0, 0.05) is 35.4 Å². The van der Waals surface area contributed by atoms with E-state index in [4.69, 9.17) is 11.6 Å². The molecule has 0 spiro atoms. The Morgan fingerprint density at radius 1 is 1.53 bits per heavy atom. The summed E-state index contributed by atoms with van der Waals surface area (Å²) < 4.78 is 1.89. The molecule has 0 fully saturated rings. The second-order valence-corrected chi connectivity index (χ2v) is 3.34. The zero-order chi connectivity index (χ0) is 10.7. The van der Waals surface area contributed by atoms with Gasteiger partial charge in [-0.2, -0.15) is 0 Å². The van der Waals surface area contributed by atoms with Crippen LogP contribution in [0.1, 0.15) is 10.4 Å². The van der Waals surface area contributed by atoms with Crippen molar-refractivity contribution in [3.8, 4) is 0 Å². The number of carbonyl (C=O) groups excluding carboxylic acids is 1. The fourth-order valence-corrected chi connectivity index (χ4v) is 1.62. The van der Waals surface area contributed by atoms with Crippen LogP contribution >= 0.6 is 11.6 Å². The minimum Gasteiger partial charge on any atom is -0.328 e. The van der Waals surface area contributed by atoms with Crippen molar-refractivity contribution in [2.75, 3.05) is 0 Å². The molecule has 0 atom stereocenters. The molecule has 0 aliphatic carbocycles. The number of rotatable bonds is 3. The van der Waals surface area contributed by atoms with Gasteiger partial charge in [-0.05, 0) is 12.1 Å². The zero-order valence-electron chi connectivity index (χ0n) is 7.93. The topological polar surface area (TPSA) is 34.9 Å². The molecule has 76 valence electrons. The van der Waals surface area contributed by atoms with Crippen molar-refractivity contribution in [3.63, 3.8) is 0 Å². The number of aromatic nitrogens is 2. The van der Waals surface area contributed by atoms with Crippen LogP contribution in [-0.2, 0) is 6.54 Å². The SMILES string of the molecule is O=Cc1cn(CC=CCl)c2ncccc12. The molecular weight excluding hydrogens is 212 g/mol. The number of nitrogens with zero attached hydrogens (tertiary/aromatic N) is 2. The second kappa shape index (κ2) is 4.28. The number of fused-ring (bicyclic) bond motifs is 1. The number of allylic oxidation sites excluding steroid dienone is 1. The average molecular weight is 221 g/mol. The Hall–Kier alpha value is -1.61. The van der Waals surface area contributed by atoms with Crippen LogP contribution in [0.2, 0.25) is 0 Å². The zero-order valence-corrected chi connectivity index (χ0v) is 8.69. The van der Waals surface area contributed by atoms with Gasteiger partial charge < -0.3 is 4.57 Å². The minimum absolute atomic E-state index is 0.616. The number of aldehydes is 1. The van der Waals surface area contributed by atoms with E-state index in [9.17, 15) is 4.79 Å². The fourth-order valence-electron chi connectivity index (χ4n) is 1.54.